The molecule has 0 spiro atoms. The fourth-order valence-electron chi connectivity index (χ4n) is 2.44. The highest BCUT2D eigenvalue weighted by Crippen LogP contribution is 2.27. The van der Waals surface area contributed by atoms with E-state index < -0.39 is 5.91 Å². The molecule has 2 rings (SSSR count). The Morgan fingerprint density at radius 2 is 1.83 bits per heavy atom. The van der Waals surface area contributed by atoms with Gasteiger partial charge in [0.15, 0.2) is 0 Å². The molecule has 122 valence electrons. The van der Waals surface area contributed by atoms with Gasteiger partial charge in [0.2, 0.25) is 5.91 Å². The second-order valence-corrected chi connectivity index (χ2v) is 5.59. The van der Waals surface area contributed by atoms with E-state index in [1.54, 1.807) is 24.3 Å². The maximum atomic E-state index is 11.1. The van der Waals surface area contributed by atoms with Crippen molar-refractivity contribution in [2.45, 2.75) is 39.2 Å². The van der Waals surface area contributed by atoms with Crippen LogP contribution in [0.15, 0.2) is 42.5 Å². The summed E-state index contributed by atoms with van der Waals surface area (Å²) in [5, 5.41) is 0. The zero-order valence-electron chi connectivity index (χ0n) is 13.5. The van der Waals surface area contributed by atoms with Crippen molar-refractivity contribution in [3.8, 4) is 11.5 Å². The van der Waals surface area contributed by atoms with Crippen molar-refractivity contribution >= 4 is 5.91 Å². The third-order valence-corrected chi connectivity index (χ3v) is 3.78. The maximum absolute atomic E-state index is 11.1. The summed E-state index contributed by atoms with van der Waals surface area (Å²) in [6.45, 7) is 2.63. The van der Waals surface area contributed by atoms with Gasteiger partial charge in [0, 0.05) is 17.7 Å². The number of ether oxygens (including phenoxy) is 1. The van der Waals surface area contributed by atoms with E-state index >= 15 is 0 Å². The van der Waals surface area contributed by atoms with Gasteiger partial charge in [0.05, 0.1) is 0 Å². The van der Waals surface area contributed by atoms with Gasteiger partial charge in [-0.2, -0.15) is 0 Å². The van der Waals surface area contributed by atoms with Crippen molar-refractivity contribution in [1.82, 2.24) is 0 Å². The number of hydrogen-bond acceptors (Lipinski definition) is 3. The average molecular weight is 312 g/mol. The minimum absolute atomic E-state index is 0.427. The lowest BCUT2D eigenvalue weighted by Crippen LogP contribution is -2.10. The molecule has 1 amide bonds. The van der Waals surface area contributed by atoms with Gasteiger partial charge in [-0.15, -0.1) is 0 Å². The third-order valence-electron chi connectivity index (χ3n) is 3.78. The first-order valence-corrected chi connectivity index (χ1v) is 8.03. The molecule has 0 heterocycles. The highest BCUT2D eigenvalue weighted by molar-refractivity contribution is 5.92. The van der Waals surface area contributed by atoms with Crippen LogP contribution >= 0.6 is 0 Å². The first-order valence-electron chi connectivity index (χ1n) is 8.03. The second kappa shape index (κ2) is 8.34. The van der Waals surface area contributed by atoms with E-state index in [9.17, 15) is 4.79 Å². The number of aryl methyl sites for hydroxylation is 1. The molecule has 0 saturated carbocycles. The summed E-state index contributed by atoms with van der Waals surface area (Å²) >= 11 is 0. The van der Waals surface area contributed by atoms with Gasteiger partial charge >= 0.3 is 0 Å². The Labute approximate surface area is 137 Å². The number of amides is 1. The number of carbonyl (C=O) groups excluding carboxylic acids is 1. The standard InChI is InChI=1S/C19H24N2O2/c1-2-3-4-5-14-6-11-18(16(12-14)13-20)23-17-9-7-15(8-10-17)19(21)22/h6-12H,2-5,13,20H2,1H3,(H2,21,22). The van der Waals surface area contributed by atoms with Crippen molar-refractivity contribution in [2.75, 3.05) is 0 Å². The van der Waals surface area contributed by atoms with Crippen LogP contribution in [0.4, 0.5) is 0 Å². The van der Waals surface area contributed by atoms with Gasteiger partial charge in [-0.25, -0.2) is 0 Å². The molecular weight excluding hydrogens is 288 g/mol. The van der Waals surface area contributed by atoms with Crippen molar-refractivity contribution in [2.24, 2.45) is 11.5 Å². The normalized spacial score (nSPS) is 10.5. The molecular formula is C19H24N2O2. The van der Waals surface area contributed by atoms with Crippen molar-refractivity contribution in [3.05, 3.63) is 59.2 Å². The summed E-state index contributed by atoms with van der Waals surface area (Å²) in [7, 11) is 0. The summed E-state index contributed by atoms with van der Waals surface area (Å²) < 4.78 is 5.88. The summed E-state index contributed by atoms with van der Waals surface area (Å²) in [4.78, 5) is 11.1. The molecule has 2 aromatic rings. The summed E-state index contributed by atoms with van der Waals surface area (Å²) in [5.74, 6) is 0.956. The third kappa shape index (κ3) is 4.83. The van der Waals surface area contributed by atoms with E-state index in [-0.39, 0.29) is 0 Å². The van der Waals surface area contributed by atoms with Crippen LogP contribution < -0.4 is 16.2 Å². The quantitative estimate of drug-likeness (QED) is 0.728. The summed E-state index contributed by atoms with van der Waals surface area (Å²) in [6.07, 6.45) is 4.71. The van der Waals surface area contributed by atoms with E-state index in [0.717, 1.165) is 17.7 Å². The van der Waals surface area contributed by atoms with Gasteiger partial charge in [0.1, 0.15) is 11.5 Å². The molecule has 4 N–H and O–H groups in total. The van der Waals surface area contributed by atoms with Gasteiger partial charge < -0.3 is 16.2 Å². The Morgan fingerprint density at radius 3 is 2.43 bits per heavy atom. The maximum Gasteiger partial charge on any atom is 0.248 e. The zero-order chi connectivity index (χ0) is 16.7. The Bertz CT molecular complexity index is 651. The van der Waals surface area contributed by atoms with Crippen LogP contribution in [0.25, 0.3) is 0 Å². The minimum Gasteiger partial charge on any atom is -0.457 e. The number of unbranched alkanes of at least 4 members (excludes halogenated alkanes) is 2. The lowest BCUT2D eigenvalue weighted by molar-refractivity contribution is 0.100. The molecule has 0 aliphatic heterocycles. The monoisotopic (exact) mass is 312 g/mol. The molecule has 2 aromatic carbocycles. The van der Waals surface area contributed by atoms with Crippen LogP contribution in [0.3, 0.4) is 0 Å². The summed E-state index contributed by atoms with van der Waals surface area (Å²) in [6, 6.07) is 12.9. The molecule has 4 nitrogen and oxygen atoms in total. The van der Waals surface area contributed by atoms with E-state index in [2.05, 4.69) is 19.1 Å². The number of carbonyl (C=O) groups is 1. The van der Waals surface area contributed by atoms with E-state index in [1.165, 1.54) is 24.8 Å². The molecule has 0 unspecified atom stereocenters. The Balaban J connectivity index is 2.11. The SMILES string of the molecule is CCCCCc1ccc(Oc2ccc(C(N)=O)cc2)c(CN)c1. The Morgan fingerprint density at radius 1 is 1.09 bits per heavy atom. The van der Waals surface area contributed by atoms with Crippen LogP contribution in [0.2, 0.25) is 0 Å². The first kappa shape index (κ1) is 17.0. The number of benzene rings is 2. The molecule has 0 saturated heterocycles. The van der Waals surface area contributed by atoms with E-state index in [4.69, 9.17) is 16.2 Å². The van der Waals surface area contributed by atoms with Gasteiger partial charge in [-0.05, 0) is 48.7 Å². The minimum atomic E-state index is -0.448. The van der Waals surface area contributed by atoms with Crippen molar-refractivity contribution < 1.29 is 9.53 Å². The van der Waals surface area contributed by atoms with Gasteiger partial charge in [-0.3, -0.25) is 4.79 Å². The van der Waals surface area contributed by atoms with E-state index in [0.29, 0.717) is 17.9 Å². The van der Waals surface area contributed by atoms with Crippen LogP contribution in [0.1, 0.15) is 47.7 Å². The van der Waals surface area contributed by atoms with Gasteiger partial charge in [-0.1, -0.05) is 31.9 Å². The molecule has 0 fully saturated rings. The zero-order valence-corrected chi connectivity index (χ0v) is 13.5. The highest BCUT2D eigenvalue weighted by atomic mass is 16.5. The Kier molecular flexibility index (Phi) is 6.18. The fourth-order valence-corrected chi connectivity index (χ4v) is 2.44. The van der Waals surface area contributed by atoms with Crippen molar-refractivity contribution in [3.63, 3.8) is 0 Å². The molecule has 4 heteroatoms. The van der Waals surface area contributed by atoms with Crippen LogP contribution in [-0.2, 0) is 13.0 Å². The number of rotatable bonds is 8. The lowest BCUT2D eigenvalue weighted by atomic mass is 10.0. The largest absolute Gasteiger partial charge is 0.457 e. The molecule has 0 bridgehead atoms. The molecule has 0 radical (unpaired) electrons. The van der Waals surface area contributed by atoms with Crippen molar-refractivity contribution in [1.29, 1.82) is 0 Å². The van der Waals surface area contributed by atoms with Crippen LogP contribution in [0.5, 0.6) is 11.5 Å². The first-order chi connectivity index (χ1) is 11.1. The molecule has 0 atom stereocenters. The van der Waals surface area contributed by atoms with Crippen LogP contribution in [-0.4, -0.2) is 5.91 Å². The molecule has 23 heavy (non-hydrogen) atoms. The summed E-state index contributed by atoms with van der Waals surface area (Å²) in [5.41, 5.74) is 13.8. The second-order valence-electron chi connectivity index (χ2n) is 5.59. The lowest BCUT2D eigenvalue weighted by Gasteiger charge is -2.12. The van der Waals surface area contributed by atoms with E-state index in [1.807, 2.05) is 6.07 Å². The molecule has 0 aliphatic carbocycles. The topological polar surface area (TPSA) is 78.3 Å². The predicted molar refractivity (Wildman–Crippen MR) is 92.6 cm³/mol. The smallest absolute Gasteiger partial charge is 0.248 e. The molecule has 0 aliphatic rings. The fraction of sp³-hybridized carbons (Fsp3) is 0.316. The van der Waals surface area contributed by atoms with Crippen LogP contribution in [0, 0.1) is 0 Å². The number of hydrogen-bond donors (Lipinski definition) is 2. The van der Waals surface area contributed by atoms with Gasteiger partial charge in [0.25, 0.3) is 0 Å². The number of nitrogens with two attached hydrogens (primary N) is 2. The number of primary amides is 1. The highest BCUT2D eigenvalue weighted by Gasteiger charge is 2.07. The molecule has 0 aromatic heterocycles. The average Bonchev–Trinajstić information content (AvgIpc) is 2.56. The predicted octanol–water partition coefficient (Wildman–Crippen LogP) is 3.77. The Hall–Kier alpha value is -2.33.